The first kappa shape index (κ1) is 15.3. The van der Waals surface area contributed by atoms with Gasteiger partial charge < -0.3 is 10.5 Å². The van der Waals surface area contributed by atoms with E-state index in [1.54, 1.807) is 6.20 Å². The molecule has 6 heteroatoms. The lowest BCUT2D eigenvalue weighted by atomic mass is 9.78. The van der Waals surface area contributed by atoms with Gasteiger partial charge in [-0.3, -0.25) is 9.48 Å². The van der Waals surface area contributed by atoms with Gasteiger partial charge in [-0.1, -0.05) is 6.92 Å². The minimum atomic E-state index is -0.464. The molecule has 2 aliphatic rings. The Morgan fingerprint density at radius 1 is 1.57 bits per heavy atom. The molecule has 2 atom stereocenters. The van der Waals surface area contributed by atoms with Crippen molar-refractivity contribution in [2.75, 3.05) is 0 Å². The molecule has 0 spiro atoms. The molecule has 6 nitrogen and oxygen atoms in total. The molecule has 0 saturated carbocycles. The Hall–Kier alpha value is -2.55. The van der Waals surface area contributed by atoms with Crippen LogP contribution in [-0.2, 0) is 9.53 Å². The van der Waals surface area contributed by atoms with Crippen LogP contribution in [0.2, 0.25) is 0 Å². The molecule has 2 heterocycles. The molecule has 1 aliphatic carbocycles. The summed E-state index contributed by atoms with van der Waals surface area (Å²) in [6.45, 7) is 4.16. The van der Waals surface area contributed by atoms with E-state index in [0.29, 0.717) is 29.7 Å². The quantitative estimate of drug-likeness (QED) is 0.926. The van der Waals surface area contributed by atoms with Crippen LogP contribution in [0.25, 0.3) is 0 Å². The number of nitriles is 1. The van der Waals surface area contributed by atoms with Gasteiger partial charge in [-0.2, -0.15) is 10.4 Å². The second-order valence-electron chi connectivity index (χ2n) is 6.05. The average molecular weight is 312 g/mol. The number of ether oxygens (including phenoxy) is 1. The predicted molar refractivity (Wildman–Crippen MR) is 83.8 cm³/mol. The summed E-state index contributed by atoms with van der Waals surface area (Å²) in [7, 11) is 0. The second-order valence-corrected chi connectivity index (χ2v) is 6.05. The van der Waals surface area contributed by atoms with Crippen molar-refractivity contribution in [3.63, 3.8) is 0 Å². The number of hydrogen-bond donors (Lipinski definition) is 1. The van der Waals surface area contributed by atoms with Gasteiger partial charge in [0.05, 0.1) is 12.1 Å². The highest BCUT2D eigenvalue weighted by Gasteiger charge is 2.38. The maximum absolute atomic E-state index is 12.4. The number of rotatable bonds is 3. The molecule has 0 radical (unpaired) electrons. The predicted octanol–water partition coefficient (Wildman–Crippen LogP) is 2.67. The van der Waals surface area contributed by atoms with Gasteiger partial charge in [0.2, 0.25) is 5.88 Å². The van der Waals surface area contributed by atoms with E-state index in [4.69, 9.17) is 10.5 Å². The highest BCUT2D eigenvalue weighted by molar-refractivity contribution is 5.99. The van der Waals surface area contributed by atoms with Gasteiger partial charge in [0, 0.05) is 36.2 Å². The number of Topliss-reactive ketones (excluding diaryl/α,β-unsaturated/α-hetero) is 1. The molecule has 0 fully saturated rings. The van der Waals surface area contributed by atoms with Gasteiger partial charge in [0.1, 0.15) is 17.4 Å². The molecule has 1 aromatic heterocycles. The number of nitrogens with zero attached hydrogens (tertiary/aromatic N) is 3. The summed E-state index contributed by atoms with van der Waals surface area (Å²) >= 11 is 0. The third-order valence-electron chi connectivity index (χ3n) is 4.60. The van der Waals surface area contributed by atoms with Gasteiger partial charge in [-0.05, 0) is 19.8 Å². The maximum atomic E-state index is 12.4. The molecule has 3 rings (SSSR count). The Kier molecular flexibility index (Phi) is 3.95. The highest BCUT2D eigenvalue weighted by atomic mass is 16.5. The lowest BCUT2D eigenvalue weighted by Gasteiger charge is -2.30. The zero-order chi connectivity index (χ0) is 16.6. The first-order valence-electron chi connectivity index (χ1n) is 7.94. The van der Waals surface area contributed by atoms with E-state index >= 15 is 0 Å². The average Bonchev–Trinajstić information content (AvgIpc) is 3.02. The van der Waals surface area contributed by atoms with E-state index in [-0.39, 0.29) is 17.7 Å². The molecule has 1 aromatic rings. The number of aromatic nitrogens is 2. The van der Waals surface area contributed by atoms with Crippen LogP contribution in [0.4, 0.5) is 0 Å². The van der Waals surface area contributed by atoms with Gasteiger partial charge in [0.15, 0.2) is 5.78 Å². The third-order valence-corrected chi connectivity index (χ3v) is 4.60. The Morgan fingerprint density at radius 3 is 3.04 bits per heavy atom. The number of ketones is 1. The van der Waals surface area contributed by atoms with Gasteiger partial charge in [-0.25, -0.2) is 0 Å². The molecule has 2 N–H and O–H groups in total. The molecule has 1 aliphatic heterocycles. The standard InChI is InChI=1S/C17H20N4O2/c1-3-10(2)21-9-11(8-20-21)15-12(7-18)17(19)23-14-6-4-5-13(22)16(14)15/h8-10,15H,3-6,19H2,1-2H3/t10-,15-/m0/s1. The van der Waals surface area contributed by atoms with Crippen molar-refractivity contribution < 1.29 is 9.53 Å². The van der Waals surface area contributed by atoms with Crippen LogP contribution in [0.3, 0.4) is 0 Å². The summed E-state index contributed by atoms with van der Waals surface area (Å²) in [5, 5.41) is 13.9. The van der Waals surface area contributed by atoms with Gasteiger partial charge >= 0.3 is 0 Å². The van der Waals surface area contributed by atoms with Crippen molar-refractivity contribution in [1.29, 1.82) is 5.26 Å². The lowest BCUT2D eigenvalue weighted by Crippen LogP contribution is -2.27. The van der Waals surface area contributed by atoms with Crippen molar-refractivity contribution in [2.24, 2.45) is 5.73 Å². The van der Waals surface area contributed by atoms with Crippen molar-refractivity contribution in [1.82, 2.24) is 9.78 Å². The van der Waals surface area contributed by atoms with Crippen molar-refractivity contribution >= 4 is 5.78 Å². The van der Waals surface area contributed by atoms with Crippen LogP contribution < -0.4 is 5.73 Å². The number of carbonyl (C=O) groups excluding carboxylic acids is 1. The van der Waals surface area contributed by atoms with E-state index < -0.39 is 5.92 Å². The Bertz CT molecular complexity index is 751. The van der Waals surface area contributed by atoms with Gasteiger partial charge in [0.25, 0.3) is 0 Å². The summed E-state index contributed by atoms with van der Waals surface area (Å²) in [5.74, 6) is 0.281. The number of carbonyl (C=O) groups is 1. The number of allylic oxidation sites excluding steroid dienone is 3. The summed E-state index contributed by atoms with van der Waals surface area (Å²) in [4.78, 5) is 12.4. The molecule has 23 heavy (non-hydrogen) atoms. The first-order valence-corrected chi connectivity index (χ1v) is 7.94. The topological polar surface area (TPSA) is 93.9 Å². The van der Waals surface area contributed by atoms with Crippen LogP contribution in [0, 0.1) is 11.3 Å². The SMILES string of the molecule is CC[C@H](C)n1cc([C@H]2C(C#N)=C(N)OC3=C2C(=O)CCC3)cn1. The van der Waals surface area contributed by atoms with E-state index in [1.165, 1.54) is 0 Å². The number of hydrogen-bond acceptors (Lipinski definition) is 5. The molecule has 0 bridgehead atoms. The first-order chi connectivity index (χ1) is 11.1. The fourth-order valence-electron chi connectivity index (χ4n) is 3.12. The van der Waals surface area contributed by atoms with E-state index in [2.05, 4.69) is 25.0 Å². The van der Waals surface area contributed by atoms with E-state index in [9.17, 15) is 10.1 Å². The zero-order valence-electron chi connectivity index (χ0n) is 13.4. The van der Waals surface area contributed by atoms with Crippen LogP contribution in [-0.4, -0.2) is 15.6 Å². The lowest BCUT2D eigenvalue weighted by molar-refractivity contribution is -0.116. The Balaban J connectivity index is 2.10. The Labute approximate surface area is 135 Å². The minimum absolute atomic E-state index is 0.0350. The molecule has 0 saturated heterocycles. The van der Waals surface area contributed by atoms with E-state index in [1.807, 2.05) is 10.9 Å². The zero-order valence-corrected chi connectivity index (χ0v) is 13.4. The largest absolute Gasteiger partial charge is 0.444 e. The van der Waals surface area contributed by atoms with Crippen molar-refractivity contribution in [3.8, 4) is 6.07 Å². The fourth-order valence-corrected chi connectivity index (χ4v) is 3.12. The van der Waals surface area contributed by atoms with Crippen molar-refractivity contribution in [3.05, 3.63) is 40.7 Å². The summed E-state index contributed by atoms with van der Waals surface area (Å²) in [5.41, 5.74) is 7.61. The smallest absolute Gasteiger partial charge is 0.205 e. The van der Waals surface area contributed by atoms with Gasteiger partial charge in [-0.15, -0.1) is 0 Å². The Morgan fingerprint density at radius 2 is 2.35 bits per heavy atom. The van der Waals surface area contributed by atoms with Crippen LogP contribution >= 0.6 is 0 Å². The summed E-state index contributed by atoms with van der Waals surface area (Å²) in [6, 6.07) is 2.37. The minimum Gasteiger partial charge on any atom is -0.444 e. The molecular weight excluding hydrogens is 292 g/mol. The van der Waals surface area contributed by atoms with Crippen molar-refractivity contribution in [2.45, 2.75) is 51.5 Å². The molecule has 0 amide bonds. The third kappa shape index (κ3) is 2.52. The maximum Gasteiger partial charge on any atom is 0.205 e. The normalized spacial score (nSPS) is 22.5. The second kappa shape index (κ2) is 5.92. The molecule has 0 unspecified atom stereocenters. The molecular formula is C17H20N4O2. The van der Waals surface area contributed by atoms with Crippen LogP contribution in [0.1, 0.15) is 57.1 Å². The summed E-state index contributed by atoms with van der Waals surface area (Å²) in [6.07, 6.45) is 6.49. The molecule has 120 valence electrons. The number of nitrogens with two attached hydrogens (primary N) is 1. The van der Waals surface area contributed by atoms with Crippen LogP contribution in [0.15, 0.2) is 35.2 Å². The fraction of sp³-hybridized carbons (Fsp3) is 0.471. The van der Waals surface area contributed by atoms with E-state index in [0.717, 1.165) is 18.4 Å². The summed E-state index contributed by atoms with van der Waals surface area (Å²) < 4.78 is 7.42. The van der Waals surface area contributed by atoms with Crippen LogP contribution in [0.5, 0.6) is 0 Å². The molecule has 0 aromatic carbocycles. The monoisotopic (exact) mass is 312 g/mol. The highest BCUT2D eigenvalue weighted by Crippen LogP contribution is 2.43.